The van der Waals surface area contributed by atoms with Crippen molar-refractivity contribution in [3.05, 3.63) is 81.6 Å². The van der Waals surface area contributed by atoms with Crippen molar-refractivity contribution >= 4 is 23.2 Å². The molecule has 5 rings (SSSR count). The van der Waals surface area contributed by atoms with Gasteiger partial charge >= 0.3 is 0 Å². The highest BCUT2D eigenvalue weighted by atomic mass is 16.3. The second-order valence-electron chi connectivity index (χ2n) is 11.4. The molecule has 4 atom stereocenters. The molecule has 0 aromatic heterocycles. The number of aliphatic hydroxyl groups is 2. The highest BCUT2D eigenvalue weighted by molar-refractivity contribution is 6.25. The number of carbonyl (C=O) groups excluding carboxylic acids is 3. The summed E-state index contributed by atoms with van der Waals surface area (Å²) >= 11 is 0. The fraction of sp³-hybridized carbons (Fsp3) is 0.333. The van der Waals surface area contributed by atoms with Crippen LogP contribution in [0.1, 0.15) is 28.7 Å². The minimum Gasteiger partial charge on any atom is -0.509 e. The quantitative estimate of drug-likeness (QED) is 0.283. The van der Waals surface area contributed by atoms with Gasteiger partial charge in [-0.15, -0.1) is 0 Å². The fourth-order valence-corrected chi connectivity index (χ4v) is 7.05. The molecule has 1 fully saturated rings. The van der Waals surface area contributed by atoms with E-state index in [1.165, 1.54) is 25.1 Å². The lowest BCUT2D eigenvalue weighted by Gasteiger charge is -2.58. The van der Waals surface area contributed by atoms with Crippen LogP contribution in [0.2, 0.25) is 0 Å². The number of phenolic OH excluding ortho intramolecular Hbond substituents is 1. The molecule has 11 heteroatoms. The number of nitrogens with zero attached hydrogens (tertiary/aromatic N) is 2. The Bertz CT molecular complexity index is 1620. The number of likely N-dealkylation sites (N-methyl/N-ethyl adjacent to an activating group) is 1. The molecule has 9 N–H and O–H groups in total. The molecule has 41 heavy (non-hydrogen) atoms. The van der Waals surface area contributed by atoms with Gasteiger partial charge in [0.15, 0.2) is 17.0 Å². The molecular weight excluding hydrogens is 526 g/mol. The number of Topliss-reactive ketones (excluding diaryl/α,β-unsaturated/α-hetero) is 2. The second-order valence-corrected chi connectivity index (χ2v) is 11.4. The monoisotopic (exact) mass is 557 g/mol. The van der Waals surface area contributed by atoms with Crippen LogP contribution < -0.4 is 17.2 Å². The van der Waals surface area contributed by atoms with Gasteiger partial charge in [0.05, 0.1) is 34.3 Å². The van der Waals surface area contributed by atoms with Crippen LogP contribution in [0.25, 0.3) is 5.76 Å². The van der Waals surface area contributed by atoms with Gasteiger partial charge in [0, 0.05) is 0 Å². The Morgan fingerprint density at radius 3 is 2.32 bits per heavy atom. The predicted octanol–water partition coefficient (Wildman–Crippen LogP) is 0.691. The number of nitrogens with two attached hydrogens (primary N) is 3. The van der Waals surface area contributed by atoms with Crippen LogP contribution in [0.4, 0.5) is 0 Å². The van der Waals surface area contributed by atoms with E-state index < -0.39 is 69.1 Å². The van der Waals surface area contributed by atoms with Gasteiger partial charge in [-0.3, -0.25) is 19.3 Å². The summed E-state index contributed by atoms with van der Waals surface area (Å²) in [7, 11) is 2.96. The molecule has 11 nitrogen and oxygen atoms in total. The highest BCUT2D eigenvalue weighted by Crippen LogP contribution is 2.58. The van der Waals surface area contributed by atoms with Gasteiger partial charge in [-0.1, -0.05) is 36.4 Å². The van der Waals surface area contributed by atoms with Crippen LogP contribution in [0, 0.1) is 16.7 Å². The van der Waals surface area contributed by atoms with Crippen molar-refractivity contribution in [1.82, 2.24) is 4.90 Å². The Morgan fingerprint density at radius 1 is 1.07 bits per heavy atom. The molecule has 0 spiro atoms. The van der Waals surface area contributed by atoms with Crippen molar-refractivity contribution in [3.63, 3.8) is 0 Å². The van der Waals surface area contributed by atoms with Gasteiger partial charge in [0.2, 0.25) is 0 Å². The molecule has 2 aromatic rings. The van der Waals surface area contributed by atoms with Crippen LogP contribution in [-0.2, 0) is 33.6 Å². The van der Waals surface area contributed by atoms with Gasteiger partial charge < -0.3 is 32.5 Å². The topological polar surface area (TPSA) is 217 Å². The number of nitriles is 1. The normalized spacial score (nSPS) is 29.1. The Morgan fingerprint density at radius 2 is 1.73 bits per heavy atom. The summed E-state index contributed by atoms with van der Waals surface area (Å²) in [6, 6.07) is 13.2. The van der Waals surface area contributed by atoms with E-state index in [1.54, 1.807) is 12.1 Å². The standard InChI is InChI=1S/C30H31N5O6/c1-35(2)24-23(38)20(27(32)41)25(39)29(14-31)26(40)21-22(37)19-17(12-28(21,33)13-30(24,29)34)16(10-11-18(19)36)9-8-15-6-4-3-5-7-15/h3-7,10-11,24,36-37,39H,8-9,12-13,33-34H2,1-2H3,(H2,32,41)/t24-,28-,29+,30-/m1/s1. The Kier molecular flexibility index (Phi) is 6.34. The average Bonchev–Trinajstić information content (AvgIpc) is 2.87. The summed E-state index contributed by atoms with van der Waals surface area (Å²) in [5.74, 6) is -5.57. The fourth-order valence-electron chi connectivity index (χ4n) is 7.05. The van der Waals surface area contributed by atoms with Gasteiger partial charge in [0.1, 0.15) is 22.8 Å². The van der Waals surface area contributed by atoms with Gasteiger partial charge in [-0.25, -0.2) is 0 Å². The number of carbonyl (C=O) groups is 3. The number of ketones is 2. The predicted molar refractivity (Wildman–Crippen MR) is 148 cm³/mol. The first-order chi connectivity index (χ1) is 19.2. The van der Waals surface area contributed by atoms with Crippen molar-refractivity contribution in [2.45, 2.75) is 42.8 Å². The zero-order chi connectivity index (χ0) is 30.1. The molecule has 0 aliphatic heterocycles. The number of primary amides is 1. The Balaban J connectivity index is 1.75. The number of benzene rings is 2. The number of phenols is 1. The molecule has 0 bridgehead atoms. The number of rotatable bonds is 5. The minimum atomic E-state index is -2.68. The van der Waals surface area contributed by atoms with E-state index in [1.807, 2.05) is 30.3 Å². The Labute approximate surface area is 236 Å². The average molecular weight is 558 g/mol. The van der Waals surface area contributed by atoms with Crippen LogP contribution >= 0.6 is 0 Å². The third kappa shape index (κ3) is 3.65. The highest BCUT2D eigenvalue weighted by Gasteiger charge is 2.74. The lowest BCUT2D eigenvalue weighted by atomic mass is 9.47. The van der Waals surface area contributed by atoms with Gasteiger partial charge in [-0.05, 0) is 62.5 Å². The molecule has 0 radical (unpaired) electrons. The van der Waals surface area contributed by atoms with Crippen molar-refractivity contribution in [2.24, 2.45) is 22.6 Å². The largest absolute Gasteiger partial charge is 0.509 e. The maximum absolute atomic E-state index is 14.4. The van der Waals surface area contributed by atoms with E-state index in [0.717, 1.165) is 11.1 Å². The van der Waals surface area contributed by atoms with E-state index in [-0.39, 0.29) is 17.7 Å². The van der Waals surface area contributed by atoms with E-state index in [0.29, 0.717) is 18.4 Å². The molecule has 0 saturated heterocycles. The molecule has 0 unspecified atom stereocenters. The molecule has 212 valence electrons. The van der Waals surface area contributed by atoms with Gasteiger partial charge in [0.25, 0.3) is 5.91 Å². The number of aliphatic hydroxyl groups excluding tert-OH is 2. The number of fused-ring (bicyclic) bond motifs is 3. The smallest absolute Gasteiger partial charge is 0.255 e. The van der Waals surface area contributed by atoms with Crippen molar-refractivity contribution in [3.8, 4) is 11.8 Å². The Hall–Kier alpha value is -4.50. The van der Waals surface area contributed by atoms with E-state index in [9.17, 15) is 35.0 Å². The lowest BCUT2D eigenvalue weighted by molar-refractivity contribution is -0.139. The van der Waals surface area contributed by atoms with Crippen LogP contribution in [-0.4, -0.2) is 68.9 Å². The van der Waals surface area contributed by atoms with Crippen molar-refractivity contribution in [2.75, 3.05) is 14.1 Å². The maximum Gasteiger partial charge on any atom is 0.255 e. The number of amides is 1. The van der Waals surface area contributed by atoms with Crippen LogP contribution in [0.3, 0.4) is 0 Å². The van der Waals surface area contributed by atoms with E-state index in [4.69, 9.17) is 17.2 Å². The molecule has 3 aliphatic rings. The molecule has 3 aliphatic carbocycles. The summed E-state index contributed by atoms with van der Waals surface area (Å²) < 4.78 is 0. The summed E-state index contributed by atoms with van der Waals surface area (Å²) in [4.78, 5) is 41.5. The lowest BCUT2D eigenvalue weighted by Crippen LogP contribution is -2.80. The zero-order valence-corrected chi connectivity index (χ0v) is 22.6. The van der Waals surface area contributed by atoms with Crippen LogP contribution in [0.15, 0.2) is 59.4 Å². The zero-order valence-electron chi connectivity index (χ0n) is 22.6. The van der Waals surface area contributed by atoms with Crippen molar-refractivity contribution < 1.29 is 29.7 Å². The first-order valence-corrected chi connectivity index (χ1v) is 13.0. The third-order valence-corrected chi connectivity index (χ3v) is 8.76. The second kappa shape index (κ2) is 9.27. The van der Waals surface area contributed by atoms with Gasteiger partial charge in [-0.2, -0.15) is 5.26 Å². The number of hydrogen-bond acceptors (Lipinski definition) is 10. The number of aryl methyl sites for hydroxylation is 2. The van der Waals surface area contributed by atoms with Crippen LogP contribution in [0.5, 0.6) is 5.75 Å². The van der Waals surface area contributed by atoms with Crippen molar-refractivity contribution in [1.29, 1.82) is 5.26 Å². The maximum atomic E-state index is 14.4. The first-order valence-electron chi connectivity index (χ1n) is 13.0. The first kappa shape index (κ1) is 28.0. The molecule has 0 heterocycles. The summed E-state index contributed by atoms with van der Waals surface area (Å²) in [5.41, 5.74) is 13.7. The molecular formula is C30H31N5O6. The summed E-state index contributed by atoms with van der Waals surface area (Å²) in [5, 5.41) is 44.1. The number of aromatic hydroxyl groups is 1. The molecule has 2 aromatic carbocycles. The molecule has 1 amide bonds. The minimum absolute atomic E-state index is 0.00719. The van der Waals surface area contributed by atoms with E-state index >= 15 is 0 Å². The third-order valence-electron chi connectivity index (χ3n) is 8.76. The SMILES string of the molecule is CN(C)[C@@H]1C(=O)C(C(N)=O)=C(O)[C@@]2(C#N)C(=O)C3=C(O)c4c(O)ccc(CCc5ccccc5)c4C[C@@]3(N)C[C@@]12N. The summed E-state index contributed by atoms with van der Waals surface area (Å²) in [6.45, 7) is 0. The molecule has 1 saturated carbocycles. The summed E-state index contributed by atoms with van der Waals surface area (Å²) in [6.07, 6.45) is 0.708. The number of hydrogen-bond donors (Lipinski definition) is 6. The van der Waals surface area contributed by atoms with E-state index in [2.05, 4.69) is 0 Å².